The van der Waals surface area contributed by atoms with E-state index in [1.807, 2.05) is 27.7 Å². The molecule has 3 nitrogen and oxygen atoms in total. The fraction of sp³-hybridized carbons (Fsp3) is 0.476. The molecule has 154 valence electrons. The maximum absolute atomic E-state index is 14.0. The Bertz CT molecular complexity index is 852. The van der Waals surface area contributed by atoms with E-state index in [9.17, 15) is 18.0 Å². The Morgan fingerprint density at radius 2 is 1.68 bits per heavy atom. The van der Waals surface area contributed by atoms with E-state index >= 15 is 0 Å². The maximum Gasteiger partial charge on any atom is 0.431 e. The van der Waals surface area contributed by atoms with Gasteiger partial charge in [0.15, 0.2) is 0 Å². The second-order valence-electron chi connectivity index (χ2n) is 7.72. The van der Waals surface area contributed by atoms with Gasteiger partial charge in [0.05, 0.1) is 0 Å². The van der Waals surface area contributed by atoms with Crippen LogP contribution in [0.1, 0.15) is 49.4 Å². The van der Waals surface area contributed by atoms with E-state index in [0.29, 0.717) is 16.1 Å². The zero-order chi connectivity index (χ0) is 21.4. The smallest absolute Gasteiger partial charge is 0.338 e. The molecule has 0 aliphatic heterocycles. The van der Waals surface area contributed by atoms with Gasteiger partial charge in [0.2, 0.25) is 0 Å². The van der Waals surface area contributed by atoms with Crippen molar-refractivity contribution in [1.82, 2.24) is 9.47 Å². The van der Waals surface area contributed by atoms with Crippen LogP contribution in [0.4, 0.5) is 13.2 Å². The summed E-state index contributed by atoms with van der Waals surface area (Å²) < 4.78 is 43.1. The molecule has 0 saturated heterocycles. The summed E-state index contributed by atoms with van der Waals surface area (Å²) >= 11 is 5.95. The highest BCUT2D eigenvalue weighted by atomic mass is 35.5. The van der Waals surface area contributed by atoms with Crippen molar-refractivity contribution in [3.05, 3.63) is 46.2 Å². The number of halogens is 4. The van der Waals surface area contributed by atoms with Crippen LogP contribution in [0.25, 0.3) is 11.1 Å². The molecular formula is C21H26ClF3N2O. The fourth-order valence-electron chi connectivity index (χ4n) is 3.25. The van der Waals surface area contributed by atoms with Crippen LogP contribution in [-0.2, 0) is 12.7 Å². The van der Waals surface area contributed by atoms with Gasteiger partial charge in [0.1, 0.15) is 11.4 Å². The highest BCUT2D eigenvalue weighted by molar-refractivity contribution is 6.30. The van der Waals surface area contributed by atoms with Gasteiger partial charge in [-0.05, 0) is 49.9 Å². The third-order valence-electron chi connectivity index (χ3n) is 4.75. The summed E-state index contributed by atoms with van der Waals surface area (Å²) in [6.07, 6.45) is -4.57. The van der Waals surface area contributed by atoms with E-state index in [4.69, 9.17) is 11.6 Å². The van der Waals surface area contributed by atoms with Crippen molar-refractivity contribution in [2.75, 3.05) is 7.05 Å². The van der Waals surface area contributed by atoms with Crippen LogP contribution >= 0.6 is 11.6 Å². The lowest BCUT2D eigenvalue weighted by molar-refractivity contribution is -0.144. The average molecular weight is 415 g/mol. The lowest BCUT2D eigenvalue weighted by atomic mass is 10.00. The molecule has 1 heterocycles. The molecule has 0 aliphatic rings. The summed E-state index contributed by atoms with van der Waals surface area (Å²) in [5, 5.41) is 0.478. The summed E-state index contributed by atoms with van der Waals surface area (Å²) in [4.78, 5) is 14.7. The van der Waals surface area contributed by atoms with Crippen LogP contribution < -0.4 is 0 Å². The van der Waals surface area contributed by atoms with Crippen LogP contribution in [-0.4, -0.2) is 28.5 Å². The summed E-state index contributed by atoms with van der Waals surface area (Å²) in [5.74, 6) is -0.499. The zero-order valence-electron chi connectivity index (χ0n) is 17.0. The molecule has 2 aromatic rings. The van der Waals surface area contributed by atoms with Crippen LogP contribution in [0.3, 0.4) is 0 Å². The Balaban J connectivity index is 2.90. The van der Waals surface area contributed by atoms with E-state index in [0.717, 1.165) is 4.57 Å². The summed E-state index contributed by atoms with van der Waals surface area (Å²) in [6.45, 7) is 8.84. The summed E-state index contributed by atoms with van der Waals surface area (Å²) in [5.41, 5.74) is 0.192. The first-order chi connectivity index (χ1) is 12.9. The van der Waals surface area contributed by atoms with Crippen molar-refractivity contribution in [2.45, 2.75) is 53.4 Å². The number of alkyl halides is 3. The molecule has 0 N–H and O–H groups in total. The molecule has 0 saturated carbocycles. The van der Waals surface area contributed by atoms with Crippen molar-refractivity contribution in [3.8, 4) is 11.1 Å². The number of rotatable bonds is 5. The molecule has 0 aliphatic carbocycles. The van der Waals surface area contributed by atoms with E-state index in [1.54, 1.807) is 31.3 Å². The van der Waals surface area contributed by atoms with Crippen LogP contribution in [0, 0.1) is 12.8 Å². The van der Waals surface area contributed by atoms with Gasteiger partial charge in [0.25, 0.3) is 5.91 Å². The number of carbonyl (C=O) groups excluding carboxylic acids is 1. The van der Waals surface area contributed by atoms with Gasteiger partial charge in [-0.3, -0.25) is 4.79 Å². The Hall–Kier alpha value is -1.95. The normalized spacial score (nSPS) is 12.1. The molecule has 1 aromatic carbocycles. The predicted octanol–water partition coefficient (Wildman–Crippen LogP) is 6.27. The lowest BCUT2D eigenvalue weighted by Gasteiger charge is -2.24. The molecule has 0 spiro atoms. The van der Waals surface area contributed by atoms with Crippen LogP contribution in [0.5, 0.6) is 0 Å². The largest absolute Gasteiger partial charge is 0.431 e. The molecule has 28 heavy (non-hydrogen) atoms. The van der Waals surface area contributed by atoms with Crippen molar-refractivity contribution in [3.63, 3.8) is 0 Å². The third-order valence-corrected chi connectivity index (χ3v) is 5.01. The molecule has 0 radical (unpaired) electrons. The van der Waals surface area contributed by atoms with Gasteiger partial charge in [-0.25, -0.2) is 0 Å². The second-order valence-corrected chi connectivity index (χ2v) is 8.15. The highest BCUT2D eigenvalue weighted by Crippen LogP contribution is 2.42. The topological polar surface area (TPSA) is 25.2 Å². The van der Waals surface area contributed by atoms with Gasteiger partial charge in [0, 0.05) is 30.2 Å². The first-order valence-electron chi connectivity index (χ1n) is 9.19. The number of benzene rings is 1. The maximum atomic E-state index is 14.0. The minimum atomic E-state index is -4.57. The van der Waals surface area contributed by atoms with Crippen molar-refractivity contribution < 1.29 is 18.0 Å². The Labute approximate surface area is 169 Å². The van der Waals surface area contributed by atoms with Gasteiger partial charge in [-0.1, -0.05) is 37.6 Å². The molecule has 1 amide bonds. The molecule has 1 aromatic heterocycles. The monoisotopic (exact) mass is 414 g/mol. The minimum Gasteiger partial charge on any atom is -0.338 e. The number of amides is 1. The molecule has 2 rings (SSSR count). The minimum absolute atomic E-state index is 0.0518. The van der Waals surface area contributed by atoms with E-state index in [-0.39, 0.29) is 29.8 Å². The number of hydrogen-bond acceptors (Lipinski definition) is 1. The first kappa shape index (κ1) is 22.3. The molecule has 0 atom stereocenters. The molecule has 0 unspecified atom stereocenters. The van der Waals surface area contributed by atoms with Crippen LogP contribution in [0.15, 0.2) is 24.3 Å². The average Bonchev–Trinajstić information content (AvgIpc) is 2.85. The van der Waals surface area contributed by atoms with Crippen molar-refractivity contribution in [1.29, 1.82) is 0 Å². The lowest BCUT2D eigenvalue weighted by Crippen LogP contribution is -2.35. The van der Waals surface area contributed by atoms with Crippen molar-refractivity contribution >= 4 is 17.5 Å². The Kier molecular flexibility index (Phi) is 6.54. The number of aromatic nitrogens is 1. The van der Waals surface area contributed by atoms with Gasteiger partial charge < -0.3 is 9.47 Å². The summed E-state index contributed by atoms with van der Waals surface area (Å²) in [7, 11) is 1.61. The standard InChI is InChI=1S/C21H26ClF3N2O/c1-12(2)11-27-18(20(28)26(6)13(3)4)17(14(5)19(27)21(23,24)25)15-7-9-16(22)10-8-15/h7-10,12-13H,11H2,1-6H3. The number of carbonyl (C=O) groups is 1. The zero-order valence-corrected chi connectivity index (χ0v) is 17.7. The van der Waals surface area contributed by atoms with E-state index < -0.39 is 17.8 Å². The number of hydrogen-bond donors (Lipinski definition) is 0. The number of nitrogens with zero attached hydrogens (tertiary/aromatic N) is 2. The second kappa shape index (κ2) is 8.19. The molecular weight excluding hydrogens is 389 g/mol. The van der Waals surface area contributed by atoms with Gasteiger partial charge in [-0.15, -0.1) is 0 Å². The van der Waals surface area contributed by atoms with E-state index in [1.165, 1.54) is 11.8 Å². The summed E-state index contributed by atoms with van der Waals surface area (Å²) in [6, 6.07) is 6.38. The van der Waals surface area contributed by atoms with E-state index in [2.05, 4.69) is 0 Å². The molecule has 0 bridgehead atoms. The van der Waals surface area contributed by atoms with Crippen LogP contribution in [0.2, 0.25) is 5.02 Å². The van der Waals surface area contributed by atoms with Crippen molar-refractivity contribution in [2.24, 2.45) is 5.92 Å². The third kappa shape index (κ3) is 4.37. The molecule has 0 fully saturated rings. The molecule has 7 heteroatoms. The highest BCUT2D eigenvalue weighted by Gasteiger charge is 2.41. The Morgan fingerprint density at radius 1 is 1.14 bits per heavy atom. The Morgan fingerprint density at radius 3 is 2.11 bits per heavy atom. The quantitative estimate of drug-likeness (QED) is 0.565. The predicted molar refractivity (Wildman–Crippen MR) is 107 cm³/mol. The SMILES string of the molecule is Cc1c(-c2ccc(Cl)cc2)c(C(=O)N(C)C(C)C)n(CC(C)C)c1C(F)(F)F. The van der Waals surface area contributed by atoms with Gasteiger partial charge >= 0.3 is 6.18 Å². The van der Waals surface area contributed by atoms with Gasteiger partial charge in [-0.2, -0.15) is 13.2 Å². The fourth-order valence-corrected chi connectivity index (χ4v) is 3.38. The first-order valence-corrected chi connectivity index (χ1v) is 9.57.